The van der Waals surface area contributed by atoms with Crippen molar-refractivity contribution in [2.75, 3.05) is 13.2 Å². The van der Waals surface area contributed by atoms with Crippen LogP contribution in [0, 0.1) is 5.92 Å². The van der Waals surface area contributed by atoms with Crippen molar-refractivity contribution in [2.24, 2.45) is 5.92 Å². The van der Waals surface area contributed by atoms with Crippen LogP contribution in [0.1, 0.15) is 48.2 Å². The van der Waals surface area contributed by atoms with Crippen LogP contribution in [0.15, 0.2) is 18.2 Å². The predicted molar refractivity (Wildman–Crippen MR) is 73.1 cm³/mol. The summed E-state index contributed by atoms with van der Waals surface area (Å²) in [4.78, 5) is 12.4. The van der Waals surface area contributed by atoms with E-state index in [0.717, 1.165) is 44.5 Å². The fourth-order valence-corrected chi connectivity index (χ4v) is 2.65. The van der Waals surface area contributed by atoms with Gasteiger partial charge in [-0.25, -0.2) is 0 Å². The number of carbonyl (C=O) groups excluding carboxylic acids is 1. The molecule has 0 N–H and O–H groups in total. The average Bonchev–Trinajstić information content (AvgIpc) is 2.46. The molecule has 0 aliphatic carbocycles. The number of rotatable bonds is 4. The standard InChI is InChI=1S/C16H22O2/c1-3-12-5-6-15(11-13(12)4-2)16(17)14-7-9-18-10-8-14/h5-6,11,14H,3-4,7-10H2,1-2H3. The molecule has 98 valence electrons. The summed E-state index contributed by atoms with van der Waals surface area (Å²) in [5.41, 5.74) is 3.56. The fourth-order valence-electron chi connectivity index (χ4n) is 2.65. The first-order valence-corrected chi connectivity index (χ1v) is 7.00. The van der Waals surface area contributed by atoms with E-state index in [9.17, 15) is 4.79 Å². The van der Waals surface area contributed by atoms with Crippen LogP contribution < -0.4 is 0 Å². The number of benzene rings is 1. The minimum absolute atomic E-state index is 0.163. The molecule has 0 unspecified atom stereocenters. The van der Waals surface area contributed by atoms with Crippen molar-refractivity contribution in [2.45, 2.75) is 39.5 Å². The highest BCUT2D eigenvalue weighted by atomic mass is 16.5. The summed E-state index contributed by atoms with van der Waals surface area (Å²) in [5.74, 6) is 0.464. The number of hydrogen-bond acceptors (Lipinski definition) is 2. The molecule has 1 aromatic carbocycles. The highest BCUT2D eigenvalue weighted by molar-refractivity contribution is 5.98. The van der Waals surface area contributed by atoms with Crippen LogP contribution in [0.25, 0.3) is 0 Å². The second kappa shape index (κ2) is 6.14. The predicted octanol–water partition coefficient (Wildman–Crippen LogP) is 3.42. The van der Waals surface area contributed by atoms with Gasteiger partial charge >= 0.3 is 0 Å². The highest BCUT2D eigenvalue weighted by Gasteiger charge is 2.23. The van der Waals surface area contributed by atoms with Crippen LogP contribution in [0.2, 0.25) is 0 Å². The maximum atomic E-state index is 12.4. The minimum atomic E-state index is 0.163. The Balaban J connectivity index is 2.19. The first-order valence-electron chi connectivity index (χ1n) is 7.00. The van der Waals surface area contributed by atoms with Crippen LogP contribution in [-0.4, -0.2) is 19.0 Å². The van der Waals surface area contributed by atoms with E-state index in [2.05, 4.69) is 26.0 Å². The molecule has 0 spiro atoms. The Hall–Kier alpha value is -1.15. The molecule has 1 heterocycles. The van der Waals surface area contributed by atoms with Crippen molar-refractivity contribution in [3.63, 3.8) is 0 Å². The van der Waals surface area contributed by atoms with E-state index in [1.807, 2.05) is 6.07 Å². The molecule has 2 rings (SSSR count). The molecule has 0 aromatic heterocycles. The van der Waals surface area contributed by atoms with Gasteiger partial charge in [-0.2, -0.15) is 0 Å². The van der Waals surface area contributed by atoms with Crippen molar-refractivity contribution >= 4 is 5.78 Å². The molecule has 2 heteroatoms. The normalized spacial score (nSPS) is 16.8. The summed E-state index contributed by atoms with van der Waals surface area (Å²) < 4.78 is 5.31. The van der Waals surface area contributed by atoms with E-state index in [-0.39, 0.29) is 5.92 Å². The molecule has 0 amide bonds. The summed E-state index contributed by atoms with van der Waals surface area (Å²) in [7, 11) is 0. The molecule has 1 aliphatic rings. The molecule has 18 heavy (non-hydrogen) atoms. The zero-order valence-electron chi connectivity index (χ0n) is 11.4. The fraction of sp³-hybridized carbons (Fsp3) is 0.562. The van der Waals surface area contributed by atoms with Gasteiger partial charge in [0.05, 0.1) is 0 Å². The van der Waals surface area contributed by atoms with Gasteiger partial charge in [0.2, 0.25) is 0 Å². The third kappa shape index (κ3) is 2.81. The van der Waals surface area contributed by atoms with Gasteiger partial charge in [-0.3, -0.25) is 4.79 Å². The van der Waals surface area contributed by atoms with Crippen molar-refractivity contribution in [1.82, 2.24) is 0 Å². The average molecular weight is 246 g/mol. The molecule has 0 radical (unpaired) electrons. The van der Waals surface area contributed by atoms with Crippen LogP contribution in [-0.2, 0) is 17.6 Å². The van der Waals surface area contributed by atoms with Gasteiger partial charge < -0.3 is 4.74 Å². The summed E-state index contributed by atoms with van der Waals surface area (Å²) in [6.45, 7) is 5.76. The Morgan fingerprint density at radius 1 is 1.17 bits per heavy atom. The first-order chi connectivity index (χ1) is 8.76. The smallest absolute Gasteiger partial charge is 0.166 e. The number of aryl methyl sites for hydroxylation is 2. The maximum absolute atomic E-state index is 12.4. The van der Waals surface area contributed by atoms with Gasteiger partial charge in [0.15, 0.2) is 5.78 Å². The molecular formula is C16H22O2. The van der Waals surface area contributed by atoms with Crippen LogP contribution in [0.3, 0.4) is 0 Å². The van der Waals surface area contributed by atoms with Gasteiger partial charge in [-0.05, 0) is 42.9 Å². The number of ether oxygens (including phenoxy) is 1. The van der Waals surface area contributed by atoms with E-state index >= 15 is 0 Å². The van der Waals surface area contributed by atoms with Crippen molar-refractivity contribution in [3.05, 3.63) is 34.9 Å². The molecule has 1 aliphatic heterocycles. The lowest BCUT2D eigenvalue weighted by atomic mass is 9.89. The Morgan fingerprint density at radius 3 is 2.44 bits per heavy atom. The summed E-state index contributed by atoms with van der Waals surface area (Å²) >= 11 is 0. The zero-order chi connectivity index (χ0) is 13.0. The topological polar surface area (TPSA) is 26.3 Å². The third-order valence-corrected chi connectivity index (χ3v) is 3.84. The molecule has 1 fully saturated rings. The number of hydrogen-bond donors (Lipinski definition) is 0. The van der Waals surface area contributed by atoms with Gasteiger partial charge in [-0.1, -0.05) is 26.0 Å². The van der Waals surface area contributed by atoms with Gasteiger partial charge in [0.1, 0.15) is 0 Å². The van der Waals surface area contributed by atoms with Crippen LogP contribution in [0.4, 0.5) is 0 Å². The van der Waals surface area contributed by atoms with Gasteiger partial charge in [-0.15, -0.1) is 0 Å². The van der Waals surface area contributed by atoms with Crippen LogP contribution in [0.5, 0.6) is 0 Å². The van der Waals surface area contributed by atoms with Crippen molar-refractivity contribution in [1.29, 1.82) is 0 Å². The van der Waals surface area contributed by atoms with E-state index in [4.69, 9.17) is 4.74 Å². The second-order valence-corrected chi connectivity index (χ2v) is 4.94. The SMILES string of the molecule is CCc1ccc(C(=O)C2CCOCC2)cc1CC. The minimum Gasteiger partial charge on any atom is -0.381 e. The lowest BCUT2D eigenvalue weighted by molar-refractivity contribution is 0.0545. The molecular weight excluding hydrogens is 224 g/mol. The summed E-state index contributed by atoms with van der Waals surface area (Å²) in [6, 6.07) is 6.21. The van der Waals surface area contributed by atoms with E-state index in [1.165, 1.54) is 11.1 Å². The lowest BCUT2D eigenvalue weighted by Crippen LogP contribution is -2.23. The summed E-state index contributed by atoms with van der Waals surface area (Å²) in [5, 5.41) is 0. The Morgan fingerprint density at radius 2 is 1.83 bits per heavy atom. The van der Waals surface area contributed by atoms with Crippen molar-refractivity contribution < 1.29 is 9.53 Å². The van der Waals surface area contributed by atoms with E-state index in [1.54, 1.807) is 0 Å². The highest BCUT2D eigenvalue weighted by Crippen LogP contribution is 2.22. The molecule has 0 bridgehead atoms. The van der Waals surface area contributed by atoms with Crippen LogP contribution >= 0.6 is 0 Å². The molecule has 1 aromatic rings. The first kappa shape index (κ1) is 13.3. The number of Topliss-reactive ketones (excluding diaryl/α,β-unsaturated/α-hetero) is 1. The lowest BCUT2D eigenvalue weighted by Gasteiger charge is -2.21. The summed E-state index contributed by atoms with van der Waals surface area (Å²) in [6.07, 6.45) is 3.78. The van der Waals surface area contributed by atoms with Crippen molar-refractivity contribution in [3.8, 4) is 0 Å². The quantitative estimate of drug-likeness (QED) is 0.761. The molecule has 0 saturated carbocycles. The number of ketones is 1. The molecule has 2 nitrogen and oxygen atoms in total. The van der Waals surface area contributed by atoms with E-state index in [0.29, 0.717) is 5.78 Å². The Labute approximate surface area is 109 Å². The molecule has 1 saturated heterocycles. The maximum Gasteiger partial charge on any atom is 0.166 e. The third-order valence-electron chi connectivity index (χ3n) is 3.84. The van der Waals surface area contributed by atoms with Gasteiger partial charge in [0, 0.05) is 24.7 Å². The second-order valence-electron chi connectivity index (χ2n) is 4.94. The monoisotopic (exact) mass is 246 g/mol. The number of carbonyl (C=O) groups is 1. The van der Waals surface area contributed by atoms with E-state index < -0.39 is 0 Å². The Kier molecular flexibility index (Phi) is 4.54. The Bertz CT molecular complexity index is 417. The van der Waals surface area contributed by atoms with Gasteiger partial charge in [0.25, 0.3) is 0 Å². The molecule has 0 atom stereocenters. The largest absolute Gasteiger partial charge is 0.381 e. The zero-order valence-corrected chi connectivity index (χ0v) is 11.4.